The number of fused-ring (bicyclic) bond motifs is 1. The van der Waals surface area contributed by atoms with Crippen LogP contribution < -0.4 is 10.6 Å². The van der Waals surface area contributed by atoms with Gasteiger partial charge in [0.05, 0.1) is 18.0 Å². The molecule has 0 saturated carbocycles. The van der Waals surface area contributed by atoms with E-state index in [2.05, 4.69) is 15.7 Å². The van der Waals surface area contributed by atoms with Gasteiger partial charge < -0.3 is 20.6 Å². The Morgan fingerprint density at radius 1 is 1.18 bits per heavy atom. The van der Waals surface area contributed by atoms with E-state index in [1.807, 2.05) is 11.9 Å². The van der Waals surface area contributed by atoms with Crippen LogP contribution in [0, 0.1) is 22.9 Å². The molecule has 0 bridgehead atoms. The van der Waals surface area contributed by atoms with Gasteiger partial charge in [-0.05, 0) is 24.9 Å². The minimum absolute atomic E-state index is 0.0306. The molecule has 3 N–H and O–H groups in total. The Balaban J connectivity index is 2.03. The van der Waals surface area contributed by atoms with E-state index in [-0.39, 0.29) is 24.4 Å². The van der Waals surface area contributed by atoms with Crippen molar-refractivity contribution in [3.63, 3.8) is 0 Å². The SMILES string of the molecule is CN1CCc2c(-c3cc(F)c(F)cc3F)nn(C(=O)NC(C(=O)NCCO)C(C)(C)C)c2C1. The number of carbonyl (C=O) groups is 2. The first kappa shape index (κ1) is 24.7. The summed E-state index contributed by atoms with van der Waals surface area (Å²) in [6, 6.07) is -0.489. The molecule has 3 rings (SSSR count). The van der Waals surface area contributed by atoms with Gasteiger partial charge in [0, 0.05) is 36.8 Å². The predicted octanol–water partition coefficient (Wildman–Crippen LogP) is 2.04. The second-order valence-corrected chi connectivity index (χ2v) is 9.18. The molecule has 1 atom stereocenters. The van der Waals surface area contributed by atoms with Crippen LogP contribution in [0.3, 0.4) is 0 Å². The van der Waals surface area contributed by atoms with Crippen molar-refractivity contribution < 1.29 is 27.9 Å². The average Bonchev–Trinajstić information content (AvgIpc) is 3.10. The van der Waals surface area contributed by atoms with Gasteiger partial charge in [-0.1, -0.05) is 20.8 Å². The van der Waals surface area contributed by atoms with Gasteiger partial charge in [0.15, 0.2) is 11.6 Å². The molecular formula is C22H28F3N5O3. The fourth-order valence-electron chi connectivity index (χ4n) is 3.78. The van der Waals surface area contributed by atoms with Crippen LogP contribution in [-0.2, 0) is 17.8 Å². The zero-order valence-electron chi connectivity index (χ0n) is 19.0. The van der Waals surface area contributed by atoms with E-state index in [0.29, 0.717) is 36.8 Å². The van der Waals surface area contributed by atoms with Crippen LogP contribution in [0.25, 0.3) is 11.3 Å². The highest BCUT2D eigenvalue weighted by Gasteiger charge is 2.35. The molecule has 33 heavy (non-hydrogen) atoms. The summed E-state index contributed by atoms with van der Waals surface area (Å²) in [6.45, 7) is 6.01. The molecule has 2 heterocycles. The molecule has 0 radical (unpaired) electrons. The Labute approximate surface area is 189 Å². The lowest BCUT2D eigenvalue weighted by atomic mass is 9.86. The number of rotatable bonds is 5. The molecule has 2 aromatic rings. The Bertz CT molecular complexity index is 1060. The smallest absolute Gasteiger partial charge is 0.343 e. The van der Waals surface area contributed by atoms with Gasteiger partial charge in [0.2, 0.25) is 5.91 Å². The molecule has 0 fully saturated rings. The van der Waals surface area contributed by atoms with Gasteiger partial charge >= 0.3 is 6.03 Å². The summed E-state index contributed by atoms with van der Waals surface area (Å²) < 4.78 is 42.9. The second-order valence-electron chi connectivity index (χ2n) is 9.18. The maximum absolute atomic E-state index is 14.5. The van der Waals surface area contributed by atoms with Crippen molar-refractivity contribution in [3.8, 4) is 11.3 Å². The van der Waals surface area contributed by atoms with Gasteiger partial charge in [0.1, 0.15) is 11.9 Å². The lowest BCUT2D eigenvalue weighted by Crippen LogP contribution is -2.55. The number of nitrogens with one attached hydrogen (secondary N) is 2. The number of aliphatic hydroxyl groups is 1. The van der Waals surface area contributed by atoms with Crippen molar-refractivity contribution in [3.05, 3.63) is 40.8 Å². The minimum Gasteiger partial charge on any atom is -0.395 e. The van der Waals surface area contributed by atoms with E-state index in [9.17, 15) is 22.8 Å². The monoisotopic (exact) mass is 467 g/mol. The number of halogens is 3. The highest BCUT2D eigenvalue weighted by molar-refractivity contribution is 5.89. The molecule has 0 aliphatic carbocycles. The van der Waals surface area contributed by atoms with Crippen molar-refractivity contribution in [2.75, 3.05) is 26.7 Å². The maximum Gasteiger partial charge on any atom is 0.343 e. The van der Waals surface area contributed by atoms with E-state index in [1.165, 1.54) is 0 Å². The van der Waals surface area contributed by atoms with Gasteiger partial charge in [-0.15, -0.1) is 0 Å². The lowest BCUT2D eigenvalue weighted by Gasteiger charge is -2.30. The molecule has 1 aliphatic heterocycles. The number of carbonyl (C=O) groups excluding carboxylic acids is 2. The summed E-state index contributed by atoms with van der Waals surface area (Å²) in [5, 5.41) is 18.5. The molecule has 11 heteroatoms. The minimum atomic E-state index is -1.32. The number of nitrogens with zero attached hydrogens (tertiary/aromatic N) is 3. The first-order chi connectivity index (χ1) is 15.4. The lowest BCUT2D eigenvalue weighted by molar-refractivity contribution is -0.125. The van der Waals surface area contributed by atoms with Crippen molar-refractivity contribution >= 4 is 11.9 Å². The molecular weight excluding hydrogens is 439 g/mol. The normalized spacial score (nSPS) is 15.2. The first-order valence-electron chi connectivity index (χ1n) is 10.6. The molecule has 1 aromatic carbocycles. The molecule has 180 valence electrons. The number of hydrogen-bond donors (Lipinski definition) is 3. The third-order valence-electron chi connectivity index (χ3n) is 5.52. The molecule has 2 amide bonds. The van der Waals surface area contributed by atoms with Gasteiger partial charge in [-0.25, -0.2) is 18.0 Å². The molecule has 0 saturated heterocycles. The molecule has 1 aromatic heterocycles. The van der Waals surface area contributed by atoms with Gasteiger partial charge in [-0.2, -0.15) is 9.78 Å². The molecule has 1 unspecified atom stereocenters. The number of hydrogen-bond acceptors (Lipinski definition) is 5. The summed E-state index contributed by atoms with van der Waals surface area (Å²) in [6.07, 6.45) is 0.423. The van der Waals surface area contributed by atoms with E-state index < -0.39 is 40.8 Å². The van der Waals surface area contributed by atoms with E-state index in [1.54, 1.807) is 20.8 Å². The number of aliphatic hydroxyl groups excluding tert-OH is 1. The largest absolute Gasteiger partial charge is 0.395 e. The van der Waals surface area contributed by atoms with Crippen LogP contribution in [-0.4, -0.2) is 64.5 Å². The Hall–Kier alpha value is -2.92. The van der Waals surface area contributed by atoms with Gasteiger partial charge in [-0.3, -0.25) is 4.79 Å². The van der Waals surface area contributed by atoms with Crippen LogP contribution in [0.15, 0.2) is 12.1 Å². The summed E-state index contributed by atoms with van der Waals surface area (Å²) in [5.41, 5.74) is 0.179. The Morgan fingerprint density at radius 2 is 1.85 bits per heavy atom. The van der Waals surface area contributed by atoms with Crippen LogP contribution in [0.2, 0.25) is 0 Å². The summed E-state index contributed by atoms with van der Waals surface area (Å²) in [4.78, 5) is 27.8. The fourth-order valence-corrected chi connectivity index (χ4v) is 3.78. The second kappa shape index (κ2) is 9.52. The summed E-state index contributed by atoms with van der Waals surface area (Å²) >= 11 is 0. The number of amides is 2. The highest BCUT2D eigenvalue weighted by atomic mass is 19.2. The molecule has 8 nitrogen and oxygen atoms in total. The number of aromatic nitrogens is 2. The Morgan fingerprint density at radius 3 is 2.48 bits per heavy atom. The van der Waals surface area contributed by atoms with Crippen LogP contribution in [0.1, 0.15) is 32.0 Å². The van der Waals surface area contributed by atoms with E-state index >= 15 is 0 Å². The topological polar surface area (TPSA) is 99.5 Å². The van der Waals surface area contributed by atoms with Crippen LogP contribution in [0.5, 0.6) is 0 Å². The average molecular weight is 467 g/mol. The molecule has 0 spiro atoms. The van der Waals surface area contributed by atoms with Crippen molar-refractivity contribution in [1.29, 1.82) is 0 Å². The quantitative estimate of drug-likeness (QED) is 0.585. The van der Waals surface area contributed by atoms with E-state index in [0.717, 1.165) is 10.7 Å². The zero-order chi connectivity index (χ0) is 24.5. The third kappa shape index (κ3) is 5.19. The van der Waals surface area contributed by atoms with Gasteiger partial charge in [0.25, 0.3) is 0 Å². The maximum atomic E-state index is 14.5. The summed E-state index contributed by atoms with van der Waals surface area (Å²) in [7, 11) is 1.84. The van der Waals surface area contributed by atoms with Crippen LogP contribution in [0.4, 0.5) is 18.0 Å². The van der Waals surface area contributed by atoms with Crippen molar-refractivity contribution in [2.45, 2.75) is 39.8 Å². The Kier molecular flexibility index (Phi) is 7.13. The van der Waals surface area contributed by atoms with Crippen LogP contribution >= 0.6 is 0 Å². The predicted molar refractivity (Wildman–Crippen MR) is 115 cm³/mol. The summed E-state index contributed by atoms with van der Waals surface area (Å²) in [5.74, 6) is -4.00. The number of benzene rings is 1. The standard InChI is InChI=1S/C22H28F3N5O3/c1-22(2,3)19(20(32)26-6-8-31)27-21(33)30-17-11-29(4)7-5-12(17)18(28-30)13-9-15(24)16(25)10-14(13)23/h9-10,19,31H,5-8,11H2,1-4H3,(H,26,32)(H,27,33). The number of likely N-dealkylation sites (N-methyl/N-ethyl adjacent to an activating group) is 1. The van der Waals surface area contributed by atoms with Crippen molar-refractivity contribution in [2.24, 2.45) is 5.41 Å². The molecule has 1 aliphatic rings. The first-order valence-corrected chi connectivity index (χ1v) is 10.6. The third-order valence-corrected chi connectivity index (χ3v) is 5.52. The van der Waals surface area contributed by atoms with E-state index in [4.69, 9.17) is 5.11 Å². The van der Waals surface area contributed by atoms with Crippen molar-refractivity contribution in [1.82, 2.24) is 25.3 Å². The fraction of sp³-hybridized carbons (Fsp3) is 0.500. The zero-order valence-corrected chi connectivity index (χ0v) is 19.0. The highest BCUT2D eigenvalue weighted by Crippen LogP contribution is 2.32.